The topological polar surface area (TPSA) is 9.23 Å². The van der Waals surface area contributed by atoms with Gasteiger partial charge in [0.05, 0.1) is 6.10 Å². The van der Waals surface area contributed by atoms with Crippen LogP contribution in [0.15, 0.2) is 12.1 Å². The van der Waals surface area contributed by atoms with Crippen molar-refractivity contribution < 1.29 is 17.9 Å². The molecule has 1 saturated carbocycles. The van der Waals surface area contributed by atoms with E-state index in [2.05, 4.69) is 0 Å². The third-order valence-electron chi connectivity index (χ3n) is 2.56. The van der Waals surface area contributed by atoms with Gasteiger partial charge in [0.25, 0.3) is 0 Å². The van der Waals surface area contributed by atoms with Crippen LogP contribution in [0.25, 0.3) is 0 Å². The molecular weight excluding hydrogens is 205 g/mol. The van der Waals surface area contributed by atoms with Gasteiger partial charge in [-0.1, -0.05) is 0 Å². The summed E-state index contributed by atoms with van der Waals surface area (Å²) in [6, 6.07) is 1.40. The van der Waals surface area contributed by atoms with Gasteiger partial charge >= 0.3 is 0 Å². The van der Waals surface area contributed by atoms with Gasteiger partial charge in [-0.3, -0.25) is 0 Å². The highest BCUT2D eigenvalue weighted by Gasteiger charge is 2.20. The molecule has 1 aliphatic rings. The standard InChI is InChI=1S/C11H11F3O/c12-7-5-9(13)11(14)10(6-7)15-8-3-1-2-4-8/h5-6,8H,1-4H2. The summed E-state index contributed by atoms with van der Waals surface area (Å²) in [4.78, 5) is 0. The van der Waals surface area contributed by atoms with E-state index in [1.807, 2.05) is 0 Å². The summed E-state index contributed by atoms with van der Waals surface area (Å²) in [5.74, 6) is -3.45. The van der Waals surface area contributed by atoms with Crippen molar-refractivity contribution in [2.45, 2.75) is 31.8 Å². The molecule has 0 amide bonds. The molecule has 1 aromatic rings. The first-order valence-electron chi connectivity index (χ1n) is 4.98. The van der Waals surface area contributed by atoms with E-state index in [9.17, 15) is 13.2 Å². The second-order valence-corrected chi connectivity index (χ2v) is 3.72. The Bertz CT molecular complexity index is 359. The molecule has 15 heavy (non-hydrogen) atoms. The Morgan fingerprint density at radius 1 is 1.07 bits per heavy atom. The van der Waals surface area contributed by atoms with E-state index in [0.717, 1.165) is 31.7 Å². The fourth-order valence-corrected chi connectivity index (χ4v) is 1.80. The van der Waals surface area contributed by atoms with Gasteiger partial charge in [-0.25, -0.2) is 8.78 Å². The molecule has 4 heteroatoms. The number of ether oxygens (including phenoxy) is 1. The Balaban J connectivity index is 2.19. The van der Waals surface area contributed by atoms with Crippen molar-refractivity contribution in [1.82, 2.24) is 0 Å². The van der Waals surface area contributed by atoms with Crippen molar-refractivity contribution in [3.05, 3.63) is 29.6 Å². The van der Waals surface area contributed by atoms with E-state index < -0.39 is 17.5 Å². The molecule has 1 aliphatic carbocycles. The molecule has 0 saturated heterocycles. The van der Waals surface area contributed by atoms with Crippen LogP contribution in [0.4, 0.5) is 13.2 Å². The molecule has 0 atom stereocenters. The fraction of sp³-hybridized carbons (Fsp3) is 0.455. The van der Waals surface area contributed by atoms with Gasteiger partial charge in [0.2, 0.25) is 5.82 Å². The van der Waals surface area contributed by atoms with Crippen LogP contribution >= 0.6 is 0 Å². The highest BCUT2D eigenvalue weighted by atomic mass is 19.2. The average Bonchev–Trinajstić information content (AvgIpc) is 2.66. The number of hydrogen-bond donors (Lipinski definition) is 0. The molecule has 1 fully saturated rings. The number of halogens is 3. The van der Waals surface area contributed by atoms with Crippen molar-refractivity contribution in [3.63, 3.8) is 0 Å². The van der Waals surface area contributed by atoms with Crippen LogP contribution in [0.3, 0.4) is 0 Å². The molecule has 0 aliphatic heterocycles. The van der Waals surface area contributed by atoms with Crippen molar-refractivity contribution in [2.24, 2.45) is 0 Å². The molecule has 82 valence electrons. The minimum Gasteiger partial charge on any atom is -0.487 e. The van der Waals surface area contributed by atoms with Crippen LogP contribution in [0.1, 0.15) is 25.7 Å². The van der Waals surface area contributed by atoms with Gasteiger partial charge in [0.15, 0.2) is 11.6 Å². The highest BCUT2D eigenvalue weighted by molar-refractivity contribution is 5.26. The van der Waals surface area contributed by atoms with Crippen LogP contribution in [-0.4, -0.2) is 6.10 Å². The van der Waals surface area contributed by atoms with Crippen molar-refractivity contribution in [2.75, 3.05) is 0 Å². The van der Waals surface area contributed by atoms with Gasteiger partial charge in [-0.2, -0.15) is 4.39 Å². The average molecular weight is 216 g/mol. The lowest BCUT2D eigenvalue weighted by Crippen LogP contribution is -2.12. The molecule has 0 N–H and O–H groups in total. The second kappa shape index (κ2) is 4.13. The zero-order chi connectivity index (χ0) is 10.8. The van der Waals surface area contributed by atoms with E-state index in [0.29, 0.717) is 6.07 Å². The minimum atomic E-state index is -1.21. The number of hydrogen-bond acceptors (Lipinski definition) is 1. The smallest absolute Gasteiger partial charge is 0.200 e. The van der Waals surface area contributed by atoms with Gasteiger partial charge in [0, 0.05) is 12.1 Å². The van der Waals surface area contributed by atoms with E-state index >= 15 is 0 Å². The first-order chi connectivity index (χ1) is 7.16. The van der Waals surface area contributed by atoms with Gasteiger partial charge in [0.1, 0.15) is 5.82 Å². The summed E-state index contributed by atoms with van der Waals surface area (Å²) in [5, 5.41) is 0. The van der Waals surface area contributed by atoms with Crippen LogP contribution in [-0.2, 0) is 0 Å². The summed E-state index contributed by atoms with van der Waals surface area (Å²) >= 11 is 0. The molecule has 0 spiro atoms. The van der Waals surface area contributed by atoms with Crippen molar-refractivity contribution >= 4 is 0 Å². The molecule has 1 aromatic carbocycles. The zero-order valence-electron chi connectivity index (χ0n) is 8.10. The molecule has 0 bridgehead atoms. The zero-order valence-corrected chi connectivity index (χ0v) is 8.10. The Morgan fingerprint density at radius 2 is 1.73 bits per heavy atom. The third-order valence-corrected chi connectivity index (χ3v) is 2.56. The van der Waals surface area contributed by atoms with E-state index in [-0.39, 0.29) is 11.9 Å². The first kappa shape index (κ1) is 10.3. The van der Waals surface area contributed by atoms with Gasteiger partial charge < -0.3 is 4.74 Å². The predicted molar refractivity (Wildman–Crippen MR) is 49.2 cm³/mol. The normalized spacial score (nSPS) is 17.0. The number of rotatable bonds is 2. The summed E-state index contributed by atoms with van der Waals surface area (Å²) < 4.78 is 44.0. The molecule has 0 radical (unpaired) electrons. The van der Waals surface area contributed by atoms with E-state index in [1.165, 1.54) is 0 Å². The molecule has 0 aromatic heterocycles. The van der Waals surface area contributed by atoms with E-state index in [1.54, 1.807) is 0 Å². The molecule has 2 rings (SSSR count). The maximum Gasteiger partial charge on any atom is 0.200 e. The Morgan fingerprint density at radius 3 is 2.40 bits per heavy atom. The Labute approximate surface area is 85.9 Å². The van der Waals surface area contributed by atoms with Crippen molar-refractivity contribution in [3.8, 4) is 5.75 Å². The second-order valence-electron chi connectivity index (χ2n) is 3.72. The summed E-state index contributed by atoms with van der Waals surface area (Å²) in [6.07, 6.45) is 3.56. The maximum absolute atomic E-state index is 13.2. The molecule has 0 heterocycles. The van der Waals surface area contributed by atoms with Crippen LogP contribution in [0.5, 0.6) is 5.75 Å². The summed E-state index contributed by atoms with van der Waals surface area (Å²) in [6.45, 7) is 0. The highest BCUT2D eigenvalue weighted by Crippen LogP contribution is 2.27. The molecule has 1 nitrogen and oxygen atoms in total. The monoisotopic (exact) mass is 216 g/mol. The largest absolute Gasteiger partial charge is 0.487 e. The minimum absolute atomic E-state index is 0.110. The SMILES string of the molecule is Fc1cc(F)c(F)c(OC2CCCC2)c1. The molecular formula is C11H11F3O. The van der Waals surface area contributed by atoms with E-state index in [4.69, 9.17) is 4.74 Å². The lowest BCUT2D eigenvalue weighted by molar-refractivity contribution is 0.197. The Kier molecular flexibility index (Phi) is 2.84. The Hall–Kier alpha value is -1.19. The van der Waals surface area contributed by atoms with Crippen LogP contribution in [0, 0.1) is 17.5 Å². The summed E-state index contributed by atoms with van der Waals surface area (Å²) in [5.41, 5.74) is 0. The lowest BCUT2D eigenvalue weighted by atomic mass is 10.3. The van der Waals surface area contributed by atoms with Gasteiger partial charge in [-0.15, -0.1) is 0 Å². The van der Waals surface area contributed by atoms with Crippen molar-refractivity contribution in [1.29, 1.82) is 0 Å². The fourth-order valence-electron chi connectivity index (χ4n) is 1.80. The maximum atomic E-state index is 13.2. The van der Waals surface area contributed by atoms with Crippen LogP contribution < -0.4 is 4.74 Å². The summed E-state index contributed by atoms with van der Waals surface area (Å²) in [7, 11) is 0. The number of benzene rings is 1. The molecule has 0 unspecified atom stereocenters. The van der Waals surface area contributed by atoms with Gasteiger partial charge in [-0.05, 0) is 25.7 Å². The lowest BCUT2D eigenvalue weighted by Gasteiger charge is -2.13. The predicted octanol–water partition coefficient (Wildman–Crippen LogP) is 3.43. The third kappa shape index (κ3) is 2.25. The quantitative estimate of drug-likeness (QED) is 0.688. The first-order valence-corrected chi connectivity index (χ1v) is 4.98. The van der Waals surface area contributed by atoms with Crippen LogP contribution in [0.2, 0.25) is 0 Å².